The first-order valence-corrected chi connectivity index (χ1v) is 7.54. The highest BCUT2D eigenvalue weighted by Gasteiger charge is 2.33. The van der Waals surface area contributed by atoms with Crippen molar-refractivity contribution in [3.63, 3.8) is 0 Å². The number of hydrogen-bond donors (Lipinski definition) is 1. The van der Waals surface area contributed by atoms with E-state index in [4.69, 9.17) is 5.73 Å². The summed E-state index contributed by atoms with van der Waals surface area (Å²) in [5.41, 5.74) is 6.38. The van der Waals surface area contributed by atoms with Gasteiger partial charge in [-0.05, 0) is 62.4 Å². The van der Waals surface area contributed by atoms with E-state index in [1.165, 1.54) is 45.3 Å². The second kappa shape index (κ2) is 5.71. The van der Waals surface area contributed by atoms with Gasteiger partial charge in [-0.1, -0.05) is 20.8 Å². The van der Waals surface area contributed by atoms with Crippen LogP contribution in [-0.2, 0) is 0 Å². The van der Waals surface area contributed by atoms with Gasteiger partial charge < -0.3 is 10.6 Å². The number of piperidine rings is 1. The predicted molar refractivity (Wildman–Crippen MR) is 73.9 cm³/mol. The van der Waals surface area contributed by atoms with E-state index in [0.29, 0.717) is 6.04 Å². The molecule has 17 heavy (non-hydrogen) atoms. The minimum Gasteiger partial charge on any atom is -0.327 e. The molecular formula is C15H30N2. The second-order valence-corrected chi connectivity index (χ2v) is 6.86. The van der Waals surface area contributed by atoms with Crippen LogP contribution in [0.25, 0.3) is 0 Å². The van der Waals surface area contributed by atoms with E-state index in [1.807, 2.05) is 0 Å². The SMILES string of the molecule is CC1CCN(CC2C(C)CC(C)CC2N)CC1. The highest BCUT2D eigenvalue weighted by molar-refractivity contribution is 4.88. The van der Waals surface area contributed by atoms with Crippen LogP contribution in [0.2, 0.25) is 0 Å². The Morgan fingerprint density at radius 2 is 1.65 bits per heavy atom. The molecule has 4 atom stereocenters. The van der Waals surface area contributed by atoms with Crippen molar-refractivity contribution in [3.8, 4) is 0 Å². The number of hydrogen-bond acceptors (Lipinski definition) is 2. The normalized spacial score (nSPS) is 41.6. The summed E-state index contributed by atoms with van der Waals surface area (Å²) in [4.78, 5) is 2.66. The van der Waals surface area contributed by atoms with Crippen molar-refractivity contribution in [3.05, 3.63) is 0 Å². The topological polar surface area (TPSA) is 29.3 Å². The second-order valence-electron chi connectivity index (χ2n) is 6.86. The van der Waals surface area contributed by atoms with Gasteiger partial charge in [-0.2, -0.15) is 0 Å². The third-order valence-electron chi connectivity index (χ3n) is 5.07. The van der Waals surface area contributed by atoms with Crippen molar-refractivity contribution in [1.82, 2.24) is 4.90 Å². The van der Waals surface area contributed by atoms with Gasteiger partial charge in [-0.15, -0.1) is 0 Å². The van der Waals surface area contributed by atoms with Crippen molar-refractivity contribution >= 4 is 0 Å². The fourth-order valence-electron chi connectivity index (χ4n) is 3.83. The fourth-order valence-corrected chi connectivity index (χ4v) is 3.83. The Hall–Kier alpha value is -0.0800. The molecule has 2 fully saturated rings. The molecule has 0 bridgehead atoms. The van der Waals surface area contributed by atoms with Gasteiger partial charge in [0.25, 0.3) is 0 Å². The van der Waals surface area contributed by atoms with Crippen LogP contribution in [0.5, 0.6) is 0 Å². The molecule has 0 spiro atoms. The molecule has 0 radical (unpaired) electrons. The van der Waals surface area contributed by atoms with E-state index in [-0.39, 0.29) is 0 Å². The van der Waals surface area contributed by atoms with Crippen LogP contribution in [-0.4, -0.2) is 30.6 Å². The molecule has 4 unspecified atom stereocenters. The Balaban J connectivity index is 1.85. The fraction of sp³-hybridized carbons (Fsp3) is 1.00. The van der Waals surface area contributed by atoms with Crippen LogP contribution < -0.4 is 5.73 Å². The molecule has 2 N–H and O–H groups in total. The van der Waals surface area contributed by atoms with E-state index in [1.54, 1.807) is 0 Å². The highest BCUT2D eigenvalue weighted by Crippen LogP contribution is 2.33. The van der Waals surface area contributed by atoms with Crippen molar-refractivity contribution < 1.29 is 0 Å². The van der Waals surface area contributed by atoms with E-state index >= 15 is 0 Å². The zero-order valence-electron chi connectivity index (χ0n) is 11.9. The van der Waals surface area contributed by atoms with Gasteiger partial charge >= 0.3 is 0 Å². The van der Waals surface area contributed by atoms with Crippen molar-refractivity contribution in [2.45, 2.75) is 52.5 Å². The molecule has 2 aliphatic rings. The molecule has 2 heteroatoms. The first-order valence-electron chi connectivity index (χ1n) is 7.54. The highest BCUT2D eigenvalue weighted by atomic mass is 15.1. The summed E-state index contributed by atoms with van der Waals surface area (Å²) in [6.45, 7) is 11.0. The summed E-state index contributed by atoms with van der Waals surface area (Å²) >= 11 is 0. The maximum Gasteiger partial charge on any atom is 0.00844 e. The third-order valence-corrected chi connectivity index (χ3v) is 5.07. The van der Waals surface area contributed by atoms with E-state index < -0.39 is 0 Å². The van der Waals surface area contributed by atoms with Gasteiger partial charge in [0.05, 0.1) is 0 Å². The lowest BCUT2D eigenvalue weighted by Gasteiger charge is -2.42. The minimum atomic E-state index is 0.438. The van der Waals surface area contributed by atoms with E-state index in [2.05, 4.69) is 25.7 Å². The standard InChI is InChI=1S/C15H30N2/c1-11-4-6-17(7-5-11)10-14-13(3)8-12(2)9-15(14)16/h11-15H,4-10,16H2,1-3H3. The third kappa shape index (κ3) is 3.45. The number of likely N-dealkylation sites (tertiary alicyclic amines) is 1. The Kier molecular flexibility index (Phi) is 4.48. The first kappa shape index (κ1) is 13.4. The Bertz CT molecular complexity index is 221. The van der Waals surface area contributed by atoms with E-state index in [0.717, 1.165) is 23.7 Å². The average molecular weight is 238 g/mol. The molecule has 0 aromatic carbocycles. The van der Waals surface area contributed by atoms with E-state index in [9.17, 15) is 0 Å². The summed E-state index contributed by atoms with van der Waals surface area (Å²) in [6.07, 6.45) is 5.38. The zero-order valence-corrected chi connectivity index (χ0v) is 11.9. The van der Waals surface area contributed by atoms with Gasteiger partial charge in [0.2, 0.25) is 0 Å². The largest absolute Gasteiger partial charge is 0.327 e. The first-order chi connectivity index (χ1) is 8.06. The van der Waals surface area contributed by atoms with Crippen LogP contribution in [0.1, 0.15) is 46.5 Å². The Morgan fingerprint density at radius 3 is 2.24 bits per heavy atom. The van der Waals surface area contributed by atoms with Gasteiger partial charge in [-0.3, -0.25) is 0 Å². The van der Waals surface area contributed by atoms with Gasteiger partial charge in [0.1, 0.15) is 0 Å². The summed E-state index contributed by atoms with van der Waals surface area (Å²) in [7, 11) is 0. The van der Waals surface area contributed by atoms with Gasteiger partial charge in [-0.25, -0.2) is 0 Å². The molecule has 0 aromatic rings. The number of rotatable bonds is 2. The van der Waals surface area contributed by atoms with Crippen LogP contribution in [0, 0.1) is 23.7 Å². The summed E-state index contributed by atoms with van der Waals surface area (Å²) in [6, 6.07) is 0.438. The molecule has 1 saturated carbocycles. The summed E-state index contributed by atoms with van der Waals surface area (Å²) in [5.74, 6) is 3.31. The molecule has 1 heterocycles. The number of nitrogens with two attached hydrogens (primary N) is 1. The molecule has 1 saturated heterocycles. The van der Waals surface area contributed by atoms with Gasteiger partial charge in [0, 0.05) is 12.6 Å². The molecule has 2 rings (SSSR count). The molecule has 0 amide bonds. The lowest BCUT2D eigenvalue weighted by atomic mass is 9.72. The molecule has 1 aliphatic carbocycles. The molecule has 0 aromatic heterocycles. The Labute approximate surface area is 107 Å². The zero-order chi connectivity index (χ0) is 12.4. The average Bonchev–Trinajstić information content (AvgIpc) is 2.26. The van der Waals surface area contributed by atoms with Crippen molar-refractivity contribution in [2.75, 3.05) is 19.6 Å². The van der Waals surface area contributed by atoms with Crippen LogP contribution >= 0.6 is 0 Å². The molecular weight excluding hydrogens is 208 g/mol. The van der Waals surface area contributed by atoms with Crippen LogP contribution in [0.3, 0.4) is 0 Å². The smallest absolute Gasteiger partial charge is 0.00844 e. The maximum atomic E-state index is 6.38. The minimum absolute atomic E-state index is 0.438. The lowest BCUT2D eigenvalue weighted by Crippen LogP contribution is -2.48. The molecule has 1 aliphatic heterocycles. The summed E-state index contributed by atoms with van der Waals surface area (Å²) < 4.78 is 0. The lowest BCUT2D eigenvalue weighted by molar-refractivity contribution is 0.0969. The van der Waals surface area contributed by atoms with Crippen LogP contribution in [0.15, 0.2) is 0 Å². The van der Waals surface area contributed by atoms with Crippen molar-refractivity contribution in [2.24, 2.45) is 29.4 Å². The molecule has 2 nitrogen and oxygen atoms in total. The quantitative estimate of drug-likeness (QED) is 0.801. The van der Waals surface area contributed by atoms with Crippen LogP contribution in [0.4, 0.5) is 0 Å². The summed E-state index contributed by atoms with van der Waals surface area (Å²) in [5, 5.41) is 0. The molecule has 100 valence electrons. The monoisotopic (exact) mass is 238 g/mol. The van der Waals surface area contributed by atoms with Gasteiger partial charge in [0.15, 0.2) is 0 Å². The predicted octanol–water partition coefficient (Wildman–Crippen LogP) is 2.73. The number of nitrogens with zero attached hydrogens (tertiary/aromatic N) is 1. The maximum absolute atomic E-state index is 6.38. The van der Waals surface area contributed by atoms with Crippen molar-refractivity contribution in [1.29, 1.82) is 0 Å². The Morgan fingerprint density at radius 1 is 1.00 bits per heavy atom.